The lowest BCUT2D eigenvalue weighted by Crippen LogP contribution is -2.28. The van der Waals surface area contributed by atoms with Crippen molar-refractivity contribution < 1.29 is 17.6 Å². The Hall–Kier alpha value is -2.00. The van der Waals surface area contributed by atoms with E-state index < -0.39 is 30.0 Å². The van der Waals surface area contributed by atoms with E-state index in [0.717, 1.165) is 23.1 Å². The highest BCUT2D eigenvalue weighted by molar-refractivity contribution is 7.16. The van der Waals surface area contributed by atoms with Crippen LogP contribution >= 0.6 is 22.9 Å². The molecule has 10 heteroatoms. The molecule has 4 nitrogen and oxygen atoms in total. The van der Waals surface area contributed by atoms with Crippen LogP contribution in [-0.4, -0.2) is 20.2 Å². The van der Waals surface area contributed by atoms with Crippen LogP contribution in [0.1, 0.15) is 16.4 Å². The van der Waals surface area contributed by atoms with Gasteiger partial charge >= 0.3 is 0 Å². The van der Waals surface area contributed by atoms with Gasteiger partial charge < -0.3 is 0 Å². The Morgan fingerprint density at radius 3 is 2.58 bits per heavy atom. The number of hydrogen-bond acceptors (Lipinski definition) is 4. The van der Waals surface area contributed by atoms with E-state index in [-0.39, 0.29) is 14.8 Å². The molecule has 0 radical (unpaired) electrons. The van der Waals surface area contributed by atoms with Gasteiger partial charge in [-0.2, -0.15) is 8.78 Å². The smallest absolute Gasteiger partial charge is 0.232 e. The minimum Gasteiger partial charge on any atom is -0.232 e. The summed E-state index contributed by atoms with van der Waals surface area (Å²) in [7, 11) is 0. The second-order valence-electron chi connectivity index (χ2n) is 4.98. The molecule has 2 aromatic heterocycles. The third-order valence-electron chi connectivity index (χ3n) is 3.44. The van der Waals surface area contributed by atoms with Gasteiger partial charge in [0.05, 0.1) is 21.7 Å². The maximum absolute atomic E-state index is 15.0. The van der Waals surface area contributed by atoms with Crippen molar-refractivity contribution in [3.05, 3.63) is 63.1 Å². The fourth-order valence-electron chi connectivity index (χ4n) is 2.31. The third kappa shape index (κ3) is 3.27. The third-order valence-corrected chi connectivity index (χ3v) is 4.76. The molecule has 24 heavy (non-hydrogen) atoms. The van der Waals surface area contributed by atoms with Gasteiger partial charge in [-0.05, 0) is 34.2 Å². The van der Waals surface area contributed by atoms with Gasteiger partial charge in [0.1, 0.15) is 18.0 Å². The lowest BCUT2D eigenvalue weighted by Gasteiger charge is -2.26. The molecule has 1 aromatic carbocycles. The highest BCUT2D eigenvalue weighted by atomic mass is 35.5. The van der Waals surface area contributed by atoms with Crippen molar-refractivity contribution in [2.45, 2.75) is 18.4 Å². The molecule has 3 aromatic rings. The first kappa shape index (κ1) is 16.8. The summed E-state index contributed by atoms with van der Waals surface area (Å²) in [5.74, 6) is -7.01. The summed E-state index contributed by atoms with van der Waals surface area (Å²) >= 11 is 6.43. The molecule has 126 valence electrons. The van der Waals surface area contributed by atoms with Crippen molar-refractivity contribution >= 4 is 22.9 Å². The van der Waals surface area contributed by atoms with Crippen LogP contribution in [0.25, 0.3) is 0 Å². The van der Waals surface area contributed by atoms with Gasteiger partial charge in [-0.15, -0.1) is 16.4 Å². The number of thiophene rings is 1. The Kier molecular flexibility index (Phi) is 4.55. The maximum Gasteiger partial charge on any atom is 0.290 e. The van der Waals surface area contributed by atoms with Crippen LogP contribution in [0.4, 0.5) is 17.6 Å². The highest BCUT2D eigenvalue weighted by Crippen LogP contribution is 2.46. The molecule has 3 rings (SSSR count). The van der Waals surface area contributed by atoms with Gasteiger partial charge in [0.2, 0.25) is 0 Å². The first-order valence-electron chi connectivity index (χ1n) is 6.67. The normalized spacial score (nSPS) is 13.2. The molecule has 0 aliphatic rings. The van der Waals surface area contributed by atoms with Gasteiger partial charge in [-0.25, -0.2) is 13.5 Å². The van der Waals surface area contributed by atoms with Crippen LogP contribution < -0.4 is 0 Å². The molecule has 0 saturated carbocycles. The summed E-state index contributed by atoms with van der Waals surface area (Å²) in [6.45, 7) is -0.391. The zero-order valence-corrected chi connectivity index (χ0v) is 13.4. The number of halogens is 5. The average molecular weight is 377 g/mol. The first-order chi connectivity index (χ1) is 11.4. The van der Waals surface area contributed by atoms with Crippen molar-refractivity contribution in [1.29, 1.82) is 0 Å². The van der Waals surface area contributed by atoms with Gasteiger partial charge in [-0.1, -0.05) is 17.7 Å². The molecule has 0 spiro atoms. The van der Waals surface area contributed by atoms with E-state index in [4.69, 9.17) is 11.6 Å². The number of nitrogens with zero attached hydrogens (tertiary/aromatic N) is 4. The predicted molar refractivity (Wildman–Crippen MR) is 80.1 cm³/mol. The lowest BCUT2D eigenvalue weighted by atomic mass is 9.91. The van der Waals surface area contributed by atoms with E-state index in [2.05, 4.69) is 15.5 Å². The number of rotatable bonds is 5. The van der Waals surface area contributed by atoms with Crippen LogP contribution in [-0.2, 0) is 12.5 Å². The Balaban J connectivity index is 2.07. The summed E-state index contributed by atoms with van der Waals surface area (Å²) in [5.41, 5.74) is -0.332. The van der Waals surface area contributed by atoms with E-state index in [1.165, 1.54) is 12.1 Å². The first-order valence-corrected chi connectivity index (χ1v) is 7.86. The molecule has 1 unspecified atom stereocenters. The number of hydrogen-bond donors (Lipinski definition) is 0. The molecule has 0 N–H and O–H groups in total. The van der Waals surface area contributed by atoms with E-state index in [1.807, 2.05) is 0 Å². The molecule has 0 amide bonds. The number of tetrazole rings is 1. The standard InChI is InChI=1S/C14H9ClF4N4S/c15-13-4-3-12(24-13)14(18,19)10(6-23-7-20-21-22-23)9-2-1-8(16)5-11(9)17/h1-5,7,10H,6H2. The van der Waals surface area contributed by atoms with Gasteiger partial charge in [-0.3, -0.25) is 0 Å². The zero-order valence-electron chi connectivity index (χ0n) is 11.8. The summed E-state index contributed by atoms with van der Waals surface area (Å²) in [6, 6.07) is 5.02. The molecule has 0 aliphatic carbocycles. The Labute approximate surface area is 142 Å². The van der Waals surface area contributed by atoms with Crippen molar-refractivity contribution in [3.8, 4) is 0 Å². The van der Waals surface area contributed by atoms with E-state index in [9.17, 15) is 8.78 Å². The van der Waals surface area contributed by atoms with E-state index in [0.29, 0.717) is 17.4 Å². The fourth-order valence-corrected chi connectivity index (χ4v) is 3.38. The molecule has 1 atom stereocenters. The number of benzene rings is 1. The quantitative estimate of drug-likeness (QED) is 0.625. The monoisotopic (exact) mass is 376 g/mol. The number of alkyl halides is 2. The Bertz CT molecular complexity index is 837. The minimum atomic E-state index is -3.46. The molecule has 0 fully saturated rings. The molecule has 0 bridgehead atoms. The summed E-state index contributed by atoms with van der Waals surface area (Å²) < 4.78 is 58.5. The zero-order chi connectivity index (χ0) is 17.3. The van der Waals surface area contributed by atoms with Crippen LogP contribution in [0.5, 0.6) is 0 Å². The molecular weight excluding hydrogens is 368 g/mol. The fraction of sp³-hybridized carbons (Fsp3) is 0.214. The maximum atomic E-state index is 15.0. The van der Waals surface area contributed by atoms with Crippen molar-refractivity contribution in [2.75, 3.05) is 0 Å². The van der Waals surface area contributed by atoms with Crippen LogP contribution in [0.2, 0.25) is 4.34 Å². The lowest BCUT2D eigenvalue weighted by molar-refractivity contribution is -0.0378. The molecule has 2 heterocycles. The second-order valence-corrected chi connectivity index (χ2v) is 6.69. The van der Waals surface area contributed by atoms with Gasteiger partial charge in [0, 0.05) is 6.07 Å². The molecule has 0 aliphatic heterocycles. The number of aromatic nitrogens is 4. The Morgan fingerprint density at radius 2 is 2.00 bits per heavy atom. The SMILES string of the molecule is Fc1ccc(C(Cn2cnnn2)C(F)(F)c2ccc(Cl)s2)c(F)c1. The van der Waals surface area contributed by atoms with Crippen molar-refractivity contribution in [2.24, 2.45) is 0 Å². The minimum absolute atomic E-state index is 0.186. The highest BCUT2D eigenvalue weighted by Gasteiger charge is 2.45. The van der Waals surface area contributed by atoms with Crippen molar-refractivity contribution in [3.63, 3.8) is 0 Å². The van der Waals surface area contributed by atoms with Gasteiger partial charge in [0.15, 0.2) is 0 Å². The molecule has 0 saturated heterocycles. The Morgan fingerprint density at radius 1 is 1.21 bits per heavy atom. The van der Waals surface area contributed by atoms with Crippen LogP contribution in [0.3, 0.4) is 0 Å². The van der Waals surface area contributed by atoms with Crippen molar-refractivity contribution in [1.82, 2.24) is 20.2 Å². The van der Waals surface area contributed by atoms with Gasteiger partial charge in [0.25, 0.3) is 5.92 Å². The topological polar surface area (TPSA) is 43.6 Å². The second kappa shape index (κ2) is 6.48. The van der Waals surface area contributed by atoms with E-state index >= 15 is 8.78 Å². The largest absolute Gasteiger partial charge is 0.290 e. The predicted octanol–water partition coefficient (Wildman–Crippen LogP) is 4.24. The summed E-state index contributed by atoms with van der Waals surface area (Å²) in [5, 5.41) is 10.3. The summed E-state index contributed by atoms with van der Waals surface area (Å²) in [4.78, 5) is -0.325. The van der Waals surface area contributed by atoms with Crippen LogP contribution in [0, 0.1) is 11.6 Å². The summed E-state index contributed by atoms with van der Waals surface area (Å²) in [6.07, 6.45) is 1.14. The van der Waals surface area contributed by atoms with Crippen LogP contribution in [0.15, 0.2) is 36.7 Å². The van der Waals surface area contributed by atoms with E-state index in [1.54, 1.807) is 0 Å². The molecular formula is C14H9ClF4N4S. The average Bonchev–Trinajstić information content (AvgIpc) is 3.17.